The van der Waals surface area contributed by atoms with E-state index in [0.29, 0.717) is 5.56 Å². The fraction of sp³-hybridized carbons (Fsp3) is 0.440. The van der Waals surface area contributed by atoms with E-state index in [1.165, 1.54) is 12.1 Å². The number of primary amides is 1. The molecule has 1 fully saturated rings. The largest absolute Gasteiger partial charge is 0.573 e. The Morgan fingerprint density at radius 3 is 2.41 bits per heavy atom. The average molecular weight is 633 g/mol. The van der Waals surface area contributed by atoms with Crippen LogP contribution in [0.25, 0.3) is 0 Å². The Bertz CT molecular complexity index is 1490. The van der Waals surface area contributed by atoms with Crippen molar-refractivity contribution in [1.82, 2.24) is 14.9 Å². The average Bonchev–Trinajstić information content (AvgIpc) is 3.27. The number of hydrogen-bond donors (Lipinski definition) is 6. The van der Waals surface area contributed by atoms with E-state index in [1.807, 2.05) is 4.98 Å². The summed E-state index contributed by atoms with van der Waals surface area (Å²) in [4.78, 5) is 50.9. The lowest BCUT2D eigenvalue weighted by atomic mass is 10.0. The van der Waals surface area contributed by atoms with Crippen molar-refractivity contribution in [2.45, 2.75) is 62.0 Å². The SMILES string of the molecule is CO[C@H]1[C@@H](O)[C@H](n2ccc(=O)[nH]c2=O)O[C@@H]1[C@@H](O[C@H]1OC(C(=O)NCc2ccc(OC(F)(F)F)cc2)=C[C@H](O)[C@@H]1O)C(N)=O. The third-order valence-electron chi connectivity index (χ3n) is 6.53. The predicted molar refractivity (Wildman–Crippen MR) is 136 cm³/mol. The molecular formula is C25H27F3N4O12. The van der Waals surface area contributed by atoms with Gasteiger partial charge in [-0.3, -0.25) is 23.9 Å². The quantitative estimate of drug-likeness (QED) is 0.165. The molecule has 2 aromatic rings. The van der Waals surface area contributed by atoms with Gasteiger partial charge in [0.25, 0.3) is 11.5 Å². The molecule has 19 heteroatoms. The number of ether oxygens (including phenoxy) is 5. The summed E-state index contributed by atoms with van der Waals surface area (Å²) < 4.78 is 63.5. The van der Waals surface area contributed by atoms with Crippen LogP contribution in [0.5, 0.6) is 5.75 Å². The van der Waals surface area contributed by atoms with E-state index >= 15 is 0 Å². The minimum Gasteiger partial charge on any atom is -0.456 e. The number of halogens is 3. The topological polar surface area (TPSA) is 234 Å². The smallest absolute Gasteiger partial charge is 0.456 e. The molecule has 4 rings (SSSR count). The number of hydrogen-bond acceptors (Lipinski definition) is 12. The summed E-state index contributed by atoms with van der Waals surface area (Å²) in [6.07, 6.45) is -16.3. The molecule has 0 bridgehead atoms. The van der Waals surface area contributed by atoms with E-state index < -0.39 is 90.1 Å². The maximum atomic E-state index is 12.7. The fourth-order valence-corrected chi connectivity index (χ4v) is 4.47. The van der Waals surface area contributed by atoms with Crippen LogP contribution in [0, 0.1) is 0 Å². The monoisotopic (exact) mass is 632 g/mol. The van der Waals surface area contributed by atoms with Crippen molar-refractivity contribution in [2.75, 3.05) is 7.11 Å². The molecule has 44 heavy (non-hydrogen) atoms. The molecule has 240 valence electrons. The number of aliphatic hydroxyl groups excluding tert-OH is 3. The van der Waals surface area contributed by atoms with Crippen molar-refractivity contribution in [1.29, 1.82) is 0 Å². The van der Waals surface area contributed by atoms with Gasteiger partial charge in [0.2, 0.25) is 12.2 Å². The van der Waals surface area contributed by atoms with Gasteiger partial charge >= 0.3 is 12.1 Å². The Morgan fingerprint density at radius 1 is 1.14 bits per heavy atom. The zero-order chi connectivity index (χ0) is 32.3. The van der Waals surface area contributed by atoms with E-state index in [0.717, 1.165) is 42.1 Å². The number of nitrogens with one attached hydrogen (secondary N) is 2. The van der Waals surface area contributed by atoms with Crippen molar-refractivity contribution < 1.29 is 61.8 Å². The Kier molecular flexibility index (Phi) is 9.76. The number of alkyl halides is 3. The molecule has 2 amide bonds. The lowest BCUT2D eigenvalue weighted by Crippen LogP contribution is -2.54. The molecule has 0 saturated carbocycles. The van der Waals surface area contributed by atoms with Crippen LogP contribution < -0.4 is 27.0 Å². The predicted octanol–water partition coefficient (Wildman–Crippen LogP) is -2.14. The highest BCUT2D eigenvalue weighted by atomic mass is 19.4. The number of nitrogens with zero attached hydrogens (tertiary/aromatic N) is 1. The highest BCUT2D eigenvalue weighted by molar-refractivity contribution is 5.91. The number of methoxy groups -OCH3 is 1. The highest BCUT2D eigenvalue weighted by Crippen LogP contribution is 2.34. The third kappa shape index (κ3) is 7.44. The number of benzene rings is 1. The minimum absolute atomic E-state index is 0.200. The highest BCUT2D eigenvalue weighted by Gasteiger charge is 2.52. The number of nitrogens with two attached hydrogens (primary N) is 1. The molecule has 0 spiro atoms. The molecule has 0 radical (unpaired) electrons. The van der Waals surface area contributed by atoms with Gasteiger partial charge in [0.15, 0.2) is 18.1 Å². The van der Waals surface area contributed by atoms with Gasteiger partial charge in [0, 0.05) is 25.9 Å². The number of rotatable bonds is 10. The van der Waals surface area contributed by atoms with Crippen LogP contribution in [0.1, 0.15) is 11.8 Å². The molecule has 0 unspecified atom stereocenters. The van der Waals surface area contributed by atoms with Crippen molar-refractivity contribution in [3.8, 4) is 5.75 Å². The van der Waals surface area contributed by atoms with Gasteiger partial charge in [-0.25, -0.2) is 4.79 Å². The van der Waals surface area contributed by atoms with Gasteiger partial charge in [0.1, 0.15) is 36.3 Å². The first-order valence-electron chi connectivity index (χ1n) is 12.7. The molecule has 1 aromatic heterocycles. The van der Waals surface area contributed by atoms with Crippen molar-refractivity contribution in [2.24, 2.45) is 5.73 Å². The number of amides is 2. The summed E-state index contributed by atoms with van der Waals surface area (Å²) in [6.45, 7) is -0.200. The molecule has 16 nitrogen and oxygen atoms in total. The first-order valence-corrected chi connectivity index (χ1v) is 12.7. The van der Waals surface area contributed by atoms with Crippen LogP contribution in [0.2, 0.25) is 0 Å². The first kappa shape index (κ1) is 32.6. The van der Waals surface area contributed by atoms with Gasteiger partial charge in [0.05, 0.1) is 0 Å². The zero-order valence-electron chi connectivity index (χ0n) is 22.5. The minimum atomic E-state index is -4.88. The van der Waals surface area contributed by atoms with E-state index in [1.54, 1.807) is 0 Å². The summed E-state index contributed by atoms with van der Waals surface area (Å²) in [5, 5.41) is 34.0. The summed E-state index contributed by atoms with van der Waals surface area (Å²) in [5.74, 6) is -3.17. The Balaban J connectivity index is 1.45. The molecule has 3 heterocycles. The van der Waals surface area contributed by atoms with Gasteiger partial charge in [-0.1, -0.05) is 12.1 Å². The normalized spacial score (nSPS) is 27.6. The lowest BCUT2D eigenvalue weighted by molar-refractivity contribution is -0.274. The van der Waals surface area contributed by atoms with Gasteiger partial charge in [-0.2, -0.15) is 0 Å². The number of aromatic amines is 1. The van der Waals surface area contributed by atoms with Gasteiger partial charge < -0.3 is 50.1 Å². The van der Waals surface area contributed by atoms with Crippen molar-refractivity contribution >= 4 is 11.8 Å². The van der Waals surface area contributed by atoms with E-state index in [-0.39, 0.29) is 6.54 Å². The molecule has 0 aliphatic carbocycles. The second-order valence-corrected chi connectivity index (χ2v) is 9.53. The Hall–Kier alpha value is -4.27. The van der Waals surface area contributed by atoms with Crippen molar-refractivity contribution in [3.63, 3.8) is 0 Å². The van der Waals surface area contributed by atoms with Crippen LogP contribution in [-0.2, 0) is 35.1 Å². The number of carbonyl (C=O) groups is 2. The number of H-pyrrole nitrogens is 1. The van der Waals surface area contributed by atoms with Crippen LogP contribution in [-0.4, -0.2) is 93.1 Å². The van der Waals surface area contributed by atoms with Crippen molar-refractivity contribution in [3.05, 3.63) is 74.8 Å². The Labute approximate surface area is 244 Å². The van der Waals surface area contributed by atoms with Crippen LogP contribution >= 0.6 is 0 Å². The summed E-state index contributed by atoms with van der Waals surface area (Å²) >= 11 is 0. The summed E-state index contributed by atoms with van der Waals surface area (Å²) in [7, 11) is 1.15. The maximum absolute atomic E-state index is 12.7. The Morgan fingerprint density at radius 2 is 1.82 bits per heavy atom. The zero-order valence-corrected chi connectivity index (χ0v) is 22.5. The molecule has 7 N–H and O–H groups in total. The maximum Gasteiger partial charge on any atom is 0.573 e. The van der Waals surface area contributed by atoms with Crippen LogP contribution in [0.4, 0.5) is 13.2 Å². The third-order valence-corrected chi connectivity index (χ3v) is 6.53. The first-order chi connectivity index (χ1) is 20.7. The van der Waals surface area contributed by atoms with Gasteiger partial charge in [-0.15, -0.1) is 13.2 Å². The number of carbonyl (C=O) groups excluding carboxylic acids is 2. The lowest BCUT2D eigenvalue weighted by Gasteiger charge is -2.35. The second kappa shape index (κ2) is 13.2. The molecule has 8 atom stereocenters. The number of aromatic nitrogens is 2. The summed E-state index contributed by atoms with van der Waals surface area (Å²) in [6, 6.07) is 5.57. The van der Waals surface area contributed by atoms with E-state index in [2.05, 4.69) is 10.1 Å². The van der Waals surface area contributed by atoms with E-state index in [9.17, 15) is 47.7 Å². The molecule has 2 aliphatic heterocycles. The van der Waals surface area contributed by atoms with Gasteiger partial charge in [-0.05, 0) is 23.8 Å². The molecule has 1 aromatic carbocycles. The molecule has 2 aliphatic rings. The fourth-order valence-electron chi connectivity index (χ4n) is 4.47. The molecule has 1 saturated heterocycles. The standard InChI is InChI=1S/C25H27F3N4O12/c1-40-17-16(36)22(32-7-6-14(34)31-24(32)39)42-18(17)19(20(29)37)43-23-15(35)12(33)8-13(41-23)21(38)30-9-10-2-4-11(5-3-10)44-25(26,27)28/h2-8,12,15-19,22-23,33,35-36H,9H2,1H3,(H2,29,37)(H,30,38)(H,31,34,39)/t12-,15-,16+,17-,18-,19+,22+,23+/m0/s1. The van der Waals surface area contributed by atoms with E-state index in [4.69, 9.17) is 24.7 Å². The second-order valence-electron chi connectivity index (χ2n) is 9.53. The number of aliphatic hydroxyl groups is 3. The van der Waals surface area contributed by atoms with Crippen LogP contribution in [0.15, 0.2) is 58.0 Å². The van der Waals surface area contributed by atoms with Crippen LogP contribution in [0.3, 0.4) is 0 Å². The summed E-state index contributed by atoms with van der Waals surface area (Å²) in [5.41, 5.74) is 4.19. The molecular weight excluding hydrogens is 605 g/mol.